The lowest BCUT2D eigenvalue weighted by Crippen LogP contribution is -2.38. The molecule has 2 N–H and O–H groups in total. The average molecular weight is 220 g/mol. The molecule has 2 rings (SSSR count). The Kier molecular flexibility index (Phi) is 3.08. The fourth-order valence-electron chi connectivity index (χ4n) is 1.42. The molecule has 0 aliphatic carbocycles. The van der Waals surface area contributed by atoms with Gasteiger partial charge in [0.1, 0.15) is 5.50 Å². The molecule has 1 atom stereocenters. The first-order valence-corrected chi connectivity index (χ1v) is 5.64. The van der Waals surface area contributed by atoms with Crippen LogP contribution < -0.4 is 5.73 Å². The van der Waals surface area contributed by atoms with Gasteiger partial charge in [-0.3, -0.25) is 9.69 Å². The normalized spacial score (nSPS) is 19.5. The van der Waals surface area contributed by atoms with E-state index in [1.807, 2.05) is 35.7 Å². The first kappa shape index (κ1) is 10.3. The van der Waals surface area contributed by atoms with Crippen molar-refractivity contribution in [2.45, 2.75) is 11.9 Å². The maximum absolute atomic E-state index is 11.8. The highest BCUT2D eigenvalue weighted by atomic mass is 32.2. The van der Waals surface area contributed by atoms with Crippen LogP contribution in [-0.2, 0) is 11.2 Å². The van der Waals surface area contributed by atoms with Crippen molar-refractivity contribution < 1.29 is 4.79 Å². The predicted molar refractivity (Wildman–Crippen MR) is 61.7 cm³/mol. The molecule has 1 amide bonds. The number of hydrogen-bond donors (Lipinski definition) is 1. The molecule has 78 valence electrons. The molecular weight excluding hydrogens is 208 g/mol. The second kappa shape index (κ2) is 4.51. The lowest BCUT2D eigenvalue weighted by molar-refractivity contribution is -0.128. The van der Waals surface area contributed by atoms with Crippen LogP contribution in [0.4, 0.5) is 0 Å². The van der Waals surface area contributed by atoms with Gasteiger partial charge in [0.05, 0.1) is 6.42 Å². The molecule has 1 unspecified atom stereocenters. The molecule has 1 aromatic carbocycles. The second-order valence-electron chi connectivity index (χ2n) is 3.28. The quantitative estimate of drug-likeness (QED) is 0.822. The number of carbonyl (C=O) groups excluding carboxylic acids is 1. The third kappa shape index (κ3) is 2.40. The van der Waals surface area contributed by atoms with Gasteiger partial charge >= 0.3 is 0 Å². The van der Waals surface area contributed by atoms with Gasteiger partial charge in [0.25, 0.3) is 0 Å². The zero-order valence-corrected chi connectivity index (χ0v) is 8.98. The van der Waals surface area contributed by atoms with Crippen LogP contribution in [0.1, 0.15) is 5.56 Å². The van der Waals surface area contributed by atoms with Crippen LogP contribution in [0, 0.1) is 0 Å². The second-order valence-corrected chi connectivity index (χ2v) is 4.30. The maximum Gasteiger partial charge on any atom is 0.232 e. The first-order chi connectivity index (χ1) is 7.27. The number of hydrogen-bond acceptors (Lipinski definition) is 3. The zero-order valence-electron chi connectivity index (χ0n) is 8.17. The van der Waals surface area contributed by atoms with Gasteiger partial charge < -0.3 is 5.73 Å². The summed E-state index contributed by atoms with van der Waals surface area (Å²) < 4.78 is 0. The summed E-state index contributed by atoms with van der Waals surface area (Å²) >= 11 is 1.45. The van der Waals surface area contributed by atoms with Gasteiger partial charge in [0.2, 0.25) is 5.91 Å². The van der Waals surface area contributed by atoms with Crippen LogP contribution >= 0.6 is 11.8 Å². The van der Waals surface area contributed by atoms with Gasteiger partial charge in [-0.05, 0) is 11.0 Å². The Hall–Kier alpha value is -1.26. The molecule has 0 aromatic heterocycles. The average Bonchev–Trinajstić information content (AvgIpc) is 2.66. The number of carbonyl (C=O) groups is 1. The highest BCUT2D eigenvalue weighted by Crippen LogP contribution is 2.21. The Morgan fingerprint density at radius 2 is 2.13 bits per heavy atom. The minimum atomic E-state index is -0.263. The molecular formula is C11H12N2OS. The Morgan fingerprint density at radius 3 is 2.73 bits per heavy atom. The summed E-state index contributed by atoms with van der Waals surface area (Å²) in [6, 6.07) is 9.67. The van der Waals surface area contributed by atoms with Crippen LogP contribution in [-0.4, -0.2) is 16.3 Å². The standard InChI is InChI=1S/C11H12N2OS/c12-11-13(6-7-15-11)10(14)8-9-4-2-1-3-5-9/h1-7,11H,8,12H2. The van der Waals surface area contributed by atoms with Crippen LogP contribution in [0.5, 0.6) is 0 Å². The molecule has 0 saturated carbocycles. The molecule has 0 saturated heterocycles. The third-order valence-electron chi connectivity index (χ3n) is 2.20. The van der Waals surface area contributed by atoms with Crippen molar-refractivity contribution in [2.75, 3.05) is 0 Å². The summed E-state index contributed by atoms with van der Waals surface area (Å²) in [5, 5.41) is 1.84. The van der Waals surface area contributed by atoms with Crippen LogP contribution in [0.25, 0.3) is 0 Å². The number of nitrogens with zero attached hydrogens (tertiary/aromatic N) is 1. The van der Waals surface area contributed by atoms with Gasteiger partial charge in [-0.1, -0.05) is 42.1 Å². The van der Waals surface area contributed by atoms with Crippen molar-refractivity contribution in [2.24, 2.45) is 5.73 Å². The lowest BCUT2D eigenvalue weighted by atomic mass is 10.1. The van der Waals surface area contributed by atoms with Crippen LogP contribution in [0.3, 0.4) is 0 Å². The Morgan fingerprint density at radius 1 is 1.40 bits per heavy atom. The number of rotatable bonds is 2. The zero-order chi connectivity index (χ0) is 10.7. The monoisotopic (exact) mass is 220 g/mol. The smallest absolute Gasteiger partial charge is 0.232 e. The van der Waals surface area contributed by atoms with Crippen LogP contribution in [0.15, 0.2) is 41.9 Å². The molecule has 0 radical (unpaired) electrons. The van der Waals surface area contributed by atoms with E-state index < -0.39 is 0 Å². The van der Waals surface area contributed by atoms with Gasteiger partial charge in [0, 0.05) is 6.20 Å². The molecule has 3 nitrogen and oxygen atoms in total. The van der Waals surface area contributed by atoms with Crippen LogP contribution in [0.2, 0.25) is 0 Å². The summed E-state index contributed by atoms with van der Waals surface area (Å²) in [5.41, 5.74) is 6.49. The highest BCUT2D eigenvalue weighted by molar-refractivity contribution is 8.02. The Labute approximate surface area is 92.9 Å². The fraction of sp³-hybridized carbons (Fsp3) is 0.182. The van der Waals surface area contributed by atoms with E-state index in [0.29, 0.717) is 6.42 Å². The maximum atomic E-state index is 11.8. The van der Waals surface area contributed by atoms with E-state index in [0.717, 1.165) is 5.56 Å². The molecule has 1 heterocycles. The van der Waals surface area contributed by atoms with E-state index in [-0.39, 0.29) is 11.4 Å². The fourth-order valence-corrected chi connectivity index (χ4v) is 2.10. The van der Waals surface area contributed by atoms with Gasteiger partial charge in [-0.2, -0.15) is 0 Å². The molecule has 0 spiro atoms. The minimum Gasteiger partial charge on any atom is -0.302 e. The molecule has 0 bridgehead atoms. The third-order valence-corrected chi connectivity index (χ3v) is 2.98. The summed E-state index contributed by atoms with van der Waals surface area (Å²) in [7, 11) is 0. The van der Waals surface area contributed by atoms with Crippen molar-refractivity contribution in [1.82, 2.24) is 4.90 Å². The number of benzene rings is 1. The molecule has 1 aliphatic rings. The first-order valence-electron chi connectivity index (χ1n) is 4.70. The van der Waals surface area contributed by atoms with Gasteiger partial charge in [0.15, 0.2) is 0 Å². The molecule has 0 fully saturated rings. The Balaban J connectivity index is 2.01. The van der Waals surface area contributed by atoms with E-state index >= 15 is 0 Å². The minimum absolute atomic E-state index is 0.0370. The molecule has 4 heteroatoms. The number of thioether (sulfide) groups is 1. The lowest BCUT2D eigenvalue weighted by Gasteiger charge is -2.18. The van der Waals surface area contributed by atoms with E-state index in [4.69, 9.17) is 5.73 Å². The van der Waals surface area contributed by atoms with E-state index in [1.54, 1.807) is 11.1 Å². The summed E-state index contributed by atoms with van der Waals surface area (Å²) in [5.74, 6) is 0.0370. The number of nitrogens with two attached hydrogens (primary N) is 1. The van der Waals surface area contributed by atoms with E-state index in [2.05, 4.69) is 0 Å². The van der Waals surface area contributed by atoms with Crippen molar-refractivity contribution in [3.8, 4) is 0 Å². The van der Waals surface area contributed by atoms with Crippen molar-refractivity contribution in [3.63, 3.8) is 0 Å². The van der Waals surface area contributed by atoms with E-state index in [9.17, 15) is 4.79 Å². The molecule has 15 heavy (non-hydrogen) atoms. The SMILES string of the molecule is NC1SC=CN1C(=O)Cc1ccccc1. The van der Waals surface area contributed by atoms with Gasteiger partial charge in [-0.15, -0.1) is 0 Å². The summed E-state index contributed by atoms with van der Waals surface area (Å²) in [4.78, 5) is 13.4. The summed E-state index contributed by atoms with van der Waals surface area (Å²) in [6.45, 7) is 0. The molecule has 1 aliphatic heterocycles. The van der Waals surface area contributed by atoms with Crippen molar-refractivity contribution in [1.29, 1.82) is 0 Å². The molecule has 1 aromatic rings. The van der Waals surface area contributed by atoms with Crippen molar-refractivity contribution in [3.05, 3.63) is 47.5 Å². The van der Waals surface area contributed by atoms with Gasteiger partial charge in [-0.25, -0.2) is 0 Å². The predicted octanol–water partition coefficient (Wildman–Crippen LogP) is 1.52. The summed E-state index contributed by atoms with van der Waals surface area (Å²) in [6.07, 6.45) is 2.14. The Bertz CT molecular complexity index is 377. The largest absolute Gasteiger partial charge is 0.302 e. The topological polar surface area (TPSA) is 46.3 Å². The van der Waals surface area contributed by atoms with E-state index in [1.165, 1.54) is 11.8 Å². The number of amides is 1. The van der Waals surface area contributed by atoms with Crippen molar-refractivity contribution >= 4 is 17.7 Å². The highest BCUT2D eigenvalue weighted by Gasteiger charge is 2.21.